The van der Waals surface area contributed by atoms with E-state index in [9.17, 15) is 15.0 Å². The highest BCUT2D eigenvalue weighted by Gasteiger charge is 2.14. The van der Waals surface area contributed by atoms with Gasteiger partial charge in [-0.05, 0) is 30.0 Å². The lowest BCUT2D eigenvalue weighted by molar-refractivity contribution is -0.124. The van der Waals surface area contributed by atoms with Crippen molar-refractivity contribution < 1.29 is 15.0 Å². The number of amides is 1. The lowest BCUT2D eigenvalue weighted by Crippen LogP contribution is -2.29. The number of carbonyl (C=O) groups excluding carboxylic acids is 1. The highest BCUT2D eigenvalue weighted by molar-refractivity contribution is 5.84. The number of nitrogens with two attached hydrogens (primary N) is 1. The summed E-state index contributed by atoms with van der Waals surface area (Å²) in [6, 6.07) is 5.54. The third kappa shape index (κ3) is 7.66. The zero-order chi connectivity index (χ0) is 18.6. The van der Waals surface area contributed by atoms with Gasteiger partial charge in [0, 0.05) is 5.56 Å². The van der Waals surface area contributed by atoms with Gasteiger partial charge in [0.1, 0.15) is 5.76 Å². The Labute approximate surface area is 140 Å². The van der Waals surface area contributed by atoms with Gasteiger partial charge in [-0.1, -0.05) is 65.5 Å². The van der Waals surface area contributed by atoms with Crippen LogP contribution in [0.1, 0.15) is 58.2 Å². The molecule has 0 saturated carbocycles. The van der Waals surface area contributed by atoms with Crippen molar-refractivity contribution in [2.75, 3.05) is 0 Å². The summed E-state index contributed by atoms with van der Waals surface area (Å²) in [4.78, 5) is 10.9. The Balaban J connectivity index is 0. The molecule has 4 N–H and O–H groups in total. The number of aliphatic hydroxyl groups excluding tert-OH is 2. The van der Waals surface area contributed by atoms with E-state index in [4.69, 9.17) is 5.73 Å². The van der Waals surface area contributed by atoms with Crippen LogP contribution in [-0.4, -0.2) is 22.2 Å². The summed E-state index contributed by atoms with van der Waals surface area (Å²) in [5.74, 6) is -0.861. The topological polar surface area (TPSA) is 83.6 Å². The fourth-order valence-electron chi connectivity index (χ4n) is 1.76. The molecule has 0 spiro atoms. The molecule has 0 fully saturated rings. The van der Waals surface area contributed by atoms with Crippen molar-refractivity contribution in [3.8, 4) is 0 Å². The fraction of sp³-hybridized carbons (Fsp3) is 0.421. The van der Waals surface area contributed by atoms with Crippen LogP contribution in [0.15, 0.2) is 30.4 Å². The Hall–Kier alpha value is -2.07. The summed E-state index contributed by atoms with van der Waals surface area (Å²) in [5, 5.41) is 19.1. The normalized spacial score (nSPS) is 11.3. The second-order valence-corrected chi connectivity index (χ2v) is 4.42. The van der Waals surface area contributed by atoms with Crippen molar-refractivity contribution in [3.05, 3.63) is 47.0 Å². The van der Waals surface area contributed by atoms with Crippen LogP contribution in [0, 0.1) is 0 Å². The molecule has 1 atom stereocenters. The van der Waals surface area contributed by atoms with E-state index in [2.05, 4.69) is 6.58 Å². The van der Waals surface area contributed by atoms with Crippen molar-refractivity contribution in [2.24, 2.45) is 5.73 Å². The summed E-state index contributed by atoms with van der Waals surface area (Å²) >= 11 is 0. The highest BCUT2D eigenvalue weighted by atomic mass is 16.3. The van der Waals surface area contributed by atoms with Crippen LogP contribution in [0.5, 0.6) is 0 Å². The SMILES string of the molecule is C=C(O)c1ccc(CC)cc1/C=C(\C)C(O)C(N)=O.CC.CC. The zero-order valence-corrected chi connectivity index (χ0v) is 15.2. The third-order valence-corrected chi connectivity index (χ3v) is 2.92. The second-order valence-electron chi connectivity index (χ2n) is 4.42. The summed E-state index contributed by atoms with van der Waals surface area (Å²) in [5.41, 5.74) is 7.81. The number of benzene rings is 1. The monoisotopic (exact) mass is 321 g/mol. The molecule has 0 aromatic heterocycles. The Morgan fingerprint density at radius 3 is 2.22 bits per heavy atom. The van der Waals surface area contributed by atoms with Crippen LogP contribution in [0.4, 0.5) is 0 Å². The van der Waals surface area contributed by atoms with E-state index in [1.807, 2.05) is 46.8 Å². The molecule has 0 radical (unpaired) electrons. The number of rotatable bonds is 5. The first kappa shape index (κ1) is 23.2. The molecule has 130 valence electrons. The van der Waals surface area contributed by atoms with Crippen molar-refractivity contribution in [1.82, 2.24) is 0 Å². The Bertz CT molecular complexity index is 533. The number of hydrogen-bond acceptors (Lipinski definition) is 3. The quantitative estimate of drug-likeness (QED) is 0.714. The van der Waals surface area contributed by atoms with Crippen LogP contribution in [0.3, 0.4) is 0 Å². The molecule has 0 aliphatic heterocycles. The third-order valence-electron chi connectivity index (χ3n) is 2.92. The van der Waals surface area contributed by atoms with E-state index in [0.717, 1.165) is 12.0 Å². The van der Waals surface area contributed by atoms with Crippen LogP contribution < -0.4 is 5.73 Å². The van der Waals surface area contributed by atoms with Gasteiger partial charge in [-0.25, -0.2) is 0 Å². The largest absolute Gasteiger partial charge is 0.508 e. The molecule has 4 heteroatoms. The van der Waals surface area contributed by atoms with E-state index in [0.29, 0.717) is 16.7 Å². The molecule has 23 heavy (non-hydrogen) atoms. The Morgan fingerprint density at radius 1 is 1.30 bits per heavy atom. The summed E-state index contributed by atoms with van der Waals surface area (Å²) in [7, 11) is 0. The average molecular weight is 321 g/mol. The predicted octanol–water partition coefficient (Wildman–Crippen LogP) is 4.08. The standard InChI is InChI=1S/C15H19NO3.2C2H6/c1-4-11-5-6-13(10(3)17)12(8-11)7-9(2)14(18)15(16)19;2*1-2/h5-8,14,17-18H,3-4H2,1-2H3,(H2,16,19);2*1-2H3/b9-7+;;. The average Bonchev–Trinajstić information content (AvgIpc) is 2.57. The number of primary amides is 1. The second kappa shape index (κ2) is 12.5. The molecule has 0 saturated heterocycles. The van der Waals surface area contributed by atoms with Gasteiger partial charge in [0.15, 0.2) is 6.10 Å². The number of aliphatic hydroxyl groups is 2. The molecule has 1 rings (SSSR count). The molecule has 4 nitrogen and oxygen atoms in total. The van der Waals surface area contributed by atoms with Gasteiger partial charge in [-0.15, -0.1) is 0 Å². The molecule has 1 aromatic carbocycles. The van der Waals surface area contributed by atoms with Gasteiger partial charge in [-0.2, -0.15) is 0 Å². The number of hydrogen-bond donors (Lipinski definition) is 3. The summed E-state index contributed by atoms with van der Waals surface area (Å²) < 4.78 is 0. The first-order valence-electron chi connectivity index (χ1n) is 8.03. The molecule has 0 aliphatic rings. The van der Waals surface area contributed by atoms with Crippen molar-refractivity contribution in [1.29, 1.82) is 0 Å². The van der Waals surface area contributed by atoms with E-state index >= 15 is 0 Å². The number of carbonyl (C=O) groups is 1. The molecule has 1 unspecified atom stereocenters. The minimum Gasteiger partial charge on any atom is -0.508 e. The maximum absolute atomic E-state index is 10.9. The van der Waals surface area contributed by atoms with Crippen LogP contribution in [0.25, 0.3) is 11.8 Å². The highest BCUT2D eigenvalue weighted by Crippen LogP contribution is 2.21. The van der Waals surface area contributed by atoms with Crippen LogP contribution >= 0.6 is 0 Å². The van der Waals surface area contributed by atoms with Gasteiger partial charge in [-0.3, -0.25) is 4.79 Å². The molecular formula is C19H31NO3. The zero-order valence-electron chi connectivity index (χ0n) is 15.2. The van der Waals surface area contributed by atoms with E-state index < -0.39 is 12.0 Å². The molecule has 0 bridgehead atoms. The maximum Gasteiger partial charge on any atom is 0.250 e. The smallest absolute Gasteiger partial charge is 0.250 e. The Morgan fingerprint density at radius 2 is 1.83 bits per heavy atom. The lowest BCUT2D eigenvalue weighted by Gasteiger charge is -2.11. The molecular weight excluding hydrogens is 290 g/mol. The van der Waals surface area contributed by atoms with E-state index in [1.54, 1.807) is 19.1 Å². The maximum atomic E-state index is 10.9. The molecule has 1 aromatic rings. The molecule has 0 heterocycles. The molecule has 1 amide bonds. The lowest BCUT2D eigenvalue weighted by atomic mass is 9.98. The number of aryl methyl sites for hydroxylation is 1. The minimum atomic E-state index is -1.33. The van der Waals surface area contributed by atoms with Crippen LogP contribution in [-0.2, 0) is 11.2 Å². The summed E-state index contributed by atoms with van der Waals surface area (Å²) in [6.07, 6.45) is 1.15. The van der Waals surface area contributed by atoms with Gasteiger partial charge >= 0.3 is 0 Å². The van der Waals surface area contributed by atoms with Gasteiger partial charge in [0.25, 0.3) is 5.91 Å². The predicted molar refractivity (Wildman–Crippen MR) is 99.0 cm³/mol. The van der Waals surface area contributed by atoms with Gasteiger partial charge < -0.3 is 15.9 Å². The van der Waals surface area contributed by atoms with Crippen LogP contribution in [0.2, 0.25) is 0 Å². The first-order valence-corrected chi connectivity index (χ1v) is 8.03. The van der Waals surface area contributed by atoms with Crippen molar-refractivity contribution >= 4 is 17.7 Å². The van der Waals surface area contributed by atoms with E-state index in [1.165, 1.54) is 0 Å². The fourth-order valence-corrected chi connectivity index (χ4v) is 1.76. The molecule has 0 aliphatic carbocycles. The first-order chi connectivity index (χ1) is 10.9. The van der Waals surface area contributed by atoms with Gasteiger partial charge in [0.05, 0.1) is 0 Å². The Kier molecular flexibility index (Phi) is 12.6. The van der Waals surface area contributed by atoms with E-state index in [-0.39, 0.29) is 5.76 Å². The van der Waals surface area contributed by atoms with Crippen molar-refractivity contribution in [3.63, 3.8) is 0 Å². The minimum absolute atomic E-state index is 0.0599. The van der Waals surface area contributed by atoms with Crippen molar-refractivity contribution in [2.45, 2.75) is 54.1 Å². The van der Waals surface area contributed by atoms with Gasteiger partial charge in [0.2, 0.25) is 0 Å². The summed E-state index contributed by atoms with van der Waals surface area (Å²) in [6.45, 7) is 15.1.